The van der Waals surface area contributed by atoms with Crippen LogP contribution in [0.4, 0.5) is 5.69 Å². The van der Waals surface area contributed by atoms with Crippen LogP contribution in [-0.2, 0) is 4.79 Å². The maximum atomic E-state index is 12.3. The van der Waals surface area contributed by atoms with Gasteiger partial charge in [0.2, 0.25) is 0 Å². The number of carbonyl (C=O) groups excluding carboxylic acids is 1. The average molecular weight is 313 g/mol. The van der Waals surface area contributed by atoms with Crippen molar-refractivity contribution >= 4 is 11.6 Å². The maximum Gasteiger partial charge on any atom is 0.265 e. The van der Waals surface area contributed by atoms with E-state index in [4.69, 9.17) is 9.47 Å². The summed E-state index contributed by atoms with van der Waals surface area (Å²) in [7, 11) is 0. The van der Waals surface area contributed by atoms with E-state index in [2.05, 4.69) is 5.32 Å². The van der Waals surface area contributed by atoms with Crippen molar-refractivity contribution in [3.63, 3.8) is 0 Å². The van der Waals surface area contributed by atoms with Gasteiger partial charge in [0, 0.05) is 11.8 Å². The van der Waals surface area contributed by atoms with Gasteiger partial charge in [-0.05, 0) is 57.0 Å². The molecular formula is C19H23NO3. The number of aryl methyl sites for hydroxylation is 2. The second-order valence-corrected chi connectivity index (χ2v) is 5.48. The summed E-state index contributed by atoms with van der Waals surface area (Å²) in [5.74, 6) is 1.27. The normalized spacial score (nSPS) is 11.7. The number of carbonyl (C=O) groups is 1. The van der Waals surface area contributed by atoms with Gasteiger partial charge in [0.05, 0.1) is 6.61 Å². The van der Waals surface area contributed by atoms with Crippen molar-refractivity contribution in [1.29, 1.82) is 0 Å². The van der Waals surface area contributed by atoms with Gasteiger partial charge in [0.25, 0.3) is 5.91 Å². The first-order valence-electron chi connectivity index (χ1n) is 7.77. The molecule has 0 aliphatic rings. The molecule has 1 N–H and O–H groups in total. The molecule has 0 bridgehead atoms. The van der Waals surface area contributed by atoms with Gasteiger partial charge in [-0.2, -0.15) is 0 Å². The molecule has 0 unspecified atom stereocenters. The molecule has 2 aromatic rings. The molecule has 0 aromatic heterocycles. The highest BCUT2D eigenvalue weighted by Crippen LogP contribution is 2.21. The number of rotatable bonds is 6. The molecule has 0 spiro atoms. The van der Waals surface area contributed by atoms with Crippen LogP contribution < -0.4 is 14.8 Å². The van der Waals surface area contributed by atoms with Crippen LogP contribution in [0, 0.1) is 13.8 Å². The van der Waals surface area contributed by atoms with Crippen molar-refractivity contribution in [3.8, 4) is 11.5 Å². The van der Waals surface area contributed by atoms with Gasteiger partial charge in [-0.3, -0.25) is 4.79 Å². The third kappa shape index (κ3) is 4.74. The van der Waals surface area contributed by atoms with Gasteiger partial charge >= 0.3 is 0 Å². The minimum absolute atomic E-state index is 0.195. The monoisotopic (exact) mass is 313 g/mol. The highest BCUT2D eigenvalue weighted by Gasteiger charge is 2.16. The molecule has 23 heavy (non-hydrogen) atoms. The molecule has 0 saturated heterocycles. The number of anilines is 1. The van der Waals surface area contributed by atoms with E-state index in [-0.39, 0.29) is 5.91 Å². The highest BCUT2D eigenvalue weighted by molar-refractivity contribution is 5.94. The molecule has 0 saturated carbocycles. The zero-order valence-corrected chi connectivity index (χ0v) is 14.1. The van der Waals surface area contributed by atoms with Gasteiger partial charge in [0.1, 0.15) is 11.5 Å². The minimum Gasteiger partial charge on any atom is -0.494 e. The van der Waals surface area contributed by atoms with Gasteiger partial charge in [-0.25, -0.2) is 0 Å². The van der Waals surface area contributed by atoms with E-state index in [0.717, 1.165) is 22.6 Å². The summed E-state index contributed by atoms with van der Waals surface area (Å²) < 4.78 is 11.2. The zero-order valence-electron chi connectivity index (χ0n) is 14.1. The Kier molecular flexibility index (Phi) is 5.63. The first kappa shape index (κ1) is 16.9. The fraction of sp³-hybridized carbons (Fsp3) is 0.316. The summed E-state index contributed by atoms with van der Waals surface area (Å²) in [5.41, 5.74) is 2.80. The van der Waals surface area contributed by atoms with Crippen LogP contribution in [0.3, 0.4) is 0 Å². The van der Waals surface area contributed by atoms with Crippen molar-refractivity contribution in [2.24, 2.45) is 0 Å². The second kappa shape index (κ2) is 7.68. The van der Waals surface area contributed by atoms with Crippen LogP contribution in [0.15, 0.2) is 42.5 Å². The Morgan fingerprint density at radius 1 is 1.17 bits per heavy atom. The molecule has 0 aliphatic heterocycles. The molecule has 4 nitrogen and oxygen atoms in total. The summed E-state index contributed by atoms with van der Waals surface area (Å²) in [6.45, 7) is 8.21. The molecule has 0 aliphatic carbocycles. The van der Waals surface area contributed by atoms with Crippen molar-refractivity contribution in [1.82, 2.24) is 0 Å². The number of hydrogen-bond donors (Lipinski definition) is 1. The van der Waals surface area contributed by atoms with Crippen LogP contribution in [0.2, 0.25) is 0 Å². The summed E-state index contributed by atoms with van der Waals surface area (Å²) >= 11 is 0. The van der Waals surface area contributed by atoms with Crippen LogP contribution in [0.25, 0.3) is 0 Å². The first-order valence-corrected chi connectivity index (χ1v) is 7.77. The molecule has 2 rings (SSSR count). The lowest BCUT2D eigenvalue weighted by molar-refractivity contribution is -0.122. The standard InChI is InChI=1S/C19H23NO3/c1-5-22-17-8-6-7-16(12-17)20-19(21)15(4)23-18-11-13(2)9-10-14(18)3/h6-12,15H,5H2,1-4H3,(H,20,21)/t15-/m1/s1. The van der Waals surface area contributed by atoms with E-state index in [1.165, 1.54) is 0 Å². The molecule has 1 atom stereocenters. The summed E-state index contributed by atoms with van der Waals surface area (Å²) in [6, 6.07) is 13.3. The molecule has 0 fully saturated rings. The van der Waals surface area contributed by atoms with Crippen LogP contribution in [-0.4, -0.2) is 18.6 Å². The Bertz CT molecular complexity index is 682. The largest absolute Gasteiger partial charge is 0.494 e. The molecule has 122 valence electrons. The Labute approximate surface area is 137 Å². The van der Waals surface area contributed by atoms with Crippen LogP contribution >= 0.6 is 0 Å². The molecule has 0 radical (unpaired) electrons. The number of benzene rings is 2. The smallest absolute Gasteiger partial charge is 0.265 e. The van der Waals surface area contributed by atoms with Crippen molar-refractivity contribution in [2.45, 2.75) is 33.8 Å². The molecule has 4 heteroatoms. The first-order chi connectivity index (χ1) is 11.0. The fourth-order valence-electron chi connectivity index (χ4n) is 2.15. The van der Waals surface area contributed by atoms with Gasteiger partial charge in [-0.15, -0.1) is 0 Å². The van der Waals surface area contributed by atoms with E-state index < -0.39 is 6.10 Å². The van der Waals surface area contributed by atoms with Gasteiger partial charge < -0.3 is 14.8 Å². The zero-order chi connectivity index (χ0) is 16.8. The predicted molar refractivity (Wildman–Crippen MR) is 92.2 cm³/mol. The SMILES string of the molecule is CCOc1cccc(NC(=O)[C@@H](C)Oc2cc(C)ccc2C)c1. The number of hydrogen-bond acceptors (Lipinski definition) is 3. The third-order valence-electron chi connectivity index (χ3n) is 3.43. The second-order valence-electron chi connectivity index (χ2n) is 5.48. The summed E-state index contributed by atoms with van der Waals surface area (Å²) in [4.78, 5) is 12.3. The third-order valence-corrected chi connectivity index (χ3v) is 3.43. The number of ether oxygens (including phenoxy) is 2. The number of nitrogens with one attached hydrogen (secondary N) is 1. The lowest BCUT2D eigenvalue weighted by Crippen LogP contribution is -2.30. The molecule has 1 amide bonds. The predicted octanol–water partition coefficient (Wildman–Crippen LogP) is 4.11. The molecule has 2 aromatic carbocycles. The Hall–Kier alpha value is -2.49. The minimum atomic E-state index is -0.591. The van der Waals surface area contributed by atoms with E-state index in [0.29, 0.717) is 12.3 Å². The van der Waals surface area contributed by atoms with Gasteiger partial charge in [-0.1, -0.05) is 18.2 Å². The quantitative estimate of drug-likeness (QED) is 0.873. The van der Waals surface area contributed by atoms with Crippen molar-refractivity contribution in [2.75, 3.05) is 11.9 Å². The molecular weight excluding hydrogens is 290 g/mol. The average Bonchev–Trinajstić information content (AvgIpc) is 2.51. The van der Waals surface area contributed by atoms with Crippen LogP contribution in [0.5, 0.6) is 11.5 Å². The van der Waals surface area contributed by atoms with Crippen molar-refractivity contribution in [3.05, 3.63) is 53.6 Å². The number of amides is 1. The van der Waals surface area contributed by atoms with Gasteiger partial charge in [0.15, 0.2) is 6.10 Å². The van der Waals surface area contributed by atoms with E-state index >= 15 is 0 Å². The summed E-state index contributed by atoms with van der Waals surface area (Å²) in [5, 5.41) is 2.85. The van der Waals surface area contributed by atoms with Crippen LogP contribution in [0.1, 0.15) is 25.0 Å². The fourth-order valence-corrected chi connectivity index (χ4v) is 2.15. The Balaban J connectivity index is 2.02. The highest BCUT2D eigenvalue weighted by atomic mass is 16.5. The summed E-state index contributed by atoms with van der Waals surface area (Å²) in [6.07, 6.45) is -0.591. The Morgan fingerprint density at radius 2 is 1.96 bits per heavy atom. The lowest BCUT2D eigenvalue weighted by Gasteiger charge is -2.17. The van der Waals surface area contributed by atoms with E-state index in [1.54, 1.807) is 13.0 Å². The van der Waals surface area contributed by atoms with E-state index in [1.807, 2.05) is 57.2 Å². The van der Waals surface area contributed by atoms with Crippen molar-refractivity contribution < 1.29 is 14.3 Å². The lowest BCUT2D eigenvalue weighted by atomic mass is 10.1. The maximum absolute atomic E-state index is 12.3. The Morgan fingerprint density at radius 3 is 2.70 bits per heavy atom. The topological polar surface area (TPSA) is 47.6 Å². The van der Waals surface area contributed by atoms with E-state index in [9.17, 15) is 4.79 Å². The molecule has 0 heterocycles.